The summed E-state index contributed by atoms with van der Waals surface area (Å²) in [6.45, 7) is -0.604. The summed E-state index contributed by atoms with van der Waals surface area (Å²) in [5, 5.41) is 8.04. The molecule has 0 aromatic heterocycles. The van der Waals surface area contributed by atoms with Gasteiger partial charge in [0.2, 0.25) is 10.0 Å². The molecule has 0 aliphatic carbocycles. The molecule has 0 bridgehead atoms. The van der Waals surface area contributed by atoms with Crippen LogP contribution in [-0.4, -0.2) is 33.3 Å². The zero-order chi connectivity index (χ0) is 22.7. The fraction of sp³-hybridized carbons (Fsp3) is 0.0833. The Morgan fingerprint density at radius 1 is 0.969 bits per heavy atom. The van der Waals surface area contributed by atoms with Gasteiger partial charge in [0.25, 0.3) is 5.91 Å². The van der Waals surface area contributed by atoms with Crippen molar-refractivity contribution in [2.75, 3.05) is 17.1 Å². The number of para-hydroxylation sites is 1. The largest absolute Gasteiger partial charge is 0.271 e. The van der Waals surface area contributed by atoms with Crippen LogP contribution >= 0.6 is 0 Å². The van der Waals surface area contributed by atoms with Crippen LogP contribution in [0.5, 0.6) is 0 Å². The highest BCUT2D eigenvalue weighted by Crippen LogP contribution is 2.27. The number of anilines is 1. The van der Waals surface area contributed by atoms with Gasteiger partial charge in [-0.15, -0.1) is 0 Å². The molecule has 1 amide bonds. The Morgan fingerprint density at radius 2 is 1.53 bits per heavy atom. The number of amides is 1. The summed E-state index contributed by atoms with van der Waals surface area (Å²) in [7, 11) is -3.89. The standard InChI is InChI=1S/C24H20FN3O3S/c1-32(30,31)28(23-13-7-6-12-22(23)25)16-24(29)27-26-15-21-19-10-4-2-8-17(19)14-18-9-3-5-11-20(18)21/h2-15H,16H2,1H3,(H,27,29)/b26-15+. The van der Waals surface area contributed by atoms with Crippen LogP contribution in [0.1, 0.15) is 5.56 Å². The van der Waals surface area contributed by atoms with Crippen molar-refractivity contribution in [1.82, 2.24) is 5.43 Å². The Kier molecular flexibility index (Phi) is 5.87. The van der Waals surface area contributed by atoms with Crippen LogP contribution in [0, 0.1) is 5.82 Å². The number of hydrogen-bond donors (Lipinski definition) is 1. The van der Waals surface area contributed by atoms with Crippen LogP contribution in [0.4, 0.5) is 10.1 Å². The first-order chi connectivity index (χ1) is 15.3. The van der Waals surface area contributed by atoms with E-state index in [1.54, 1.807) is 0 Å². The average molecular weight is 450 g/mol. The van der Waals surface area contributed by atoms with Gasteiger partial charge in [-0.05, 0) is 39.7 Å². The minimum Gasteiger partial charge on any atom is -0.271 e. The monoisotopic (exact) mass is 449 g/mol. The maximum atomic E-state index is 14.1. The van der Waals surface area contributed by atoms with Gasteiger partial charge in [0.15, 0.2) is 0 Å². The highest BCUT2D eigenvalue weighted by atomic mass is 32.2. The van der Waals surface area contributed by atoms with Crippen LogP contribution in [0.15, 0.2) is 84.0 Å². The lowest BCUT2D eigenvalue weighted by Gasteiger charge is -2.21. The number of fused-ring (bicyclic) bond motifs is 2. The van der Waals surface area contributed by atoms with Crippen molar-refractivity contribution in [3.8, 4) is 0 Å². The van der Waals surface area contributed by atoms with Gasteiger partial charge >= 0.3 is 0 Å². The van der Waals surface area contributed by atoms with Crippen molar-refractivity contribution < 1.29 is 17.6 Å². The molecule has 0 spiro atoms. The summed E-state index contributed by atoms with van der Waals surface area (Å²) >= 11 is 0. The molecule has 0 aliphatic rings. The predicted octanol–water partition coefficient (Wildman–Crippen LogP) is 4.05. The van der Waals surface area contributed by atoms with Crippen molar-refractivity contribution in [3.05, 3.63) is 90.2 Å². The molecule has 32 heavy (non-hydrogen) atoms. The van der Waals surface area contributed by atoms with Gasteiger partial charge in [-0.25, -0.2) is 18.2 Å². The predicted molar refractivity (Wildman–Crippen MR) is 126 cm³/mol. The van der Waals surface area contributed by atoms with Gasteiger partial charge < -0.3 is 0 Å². The number of sulfonamides is 1. The number of halogens is 1. The number of carbonyl (C=O) groups is 1. The van der Waals surface area contributed by atoms with Crippen LogP contribution < -0.4 is 9.73 Å². The first-order valence-electron chi connectivity index (χ1n) is 9.79. The Balaban J connectivity index is 1.61. The molecule has 8 heteroatoms. The Morgan fingerprint density at radius 3 is 2.12 bits per heavy atom. The molecule has 0 saturated carbocycles. The number of carbonyl (C=O) groups excluding carboxylic acids is 1. The van der Waals surface area contributed by atoms with Crippen molar-refractivity contribution >= 4 is 49.4 Å². The van der Waals surface area contributed by atoms with E-state index in [0.29, 0.717) is 4.31 Å². The molecule has 0 saturated heterocycles. The second-order valence-corrected chi connectivity index (χ2v) is 9.15. The van der Waals surface area contributed by atoms with E-state index < -0.39 is 28.3 Å². The van der Waals surface area contributed by atoms with Gasteiger partial charge in [0.1, 0.15) is 12.4 Å². The molecule has 4 rings (SSSR count). The van der Waals surface area contributed by atoms with E-state index in [0.717, 1.165) is 39.4 Å². The second kappa shape index (κ2) is 8.76. The lowest BCUT2D eigenvalue weighted by atomic mass is 9.97. The van der Waals surface area contributed by atoms with Gasteiger partial charge in [-0.3, -0.25) is 9.10 Å². The van der Waals surface area contributed by atoms with E-state index in [1.165, 1.54) is 24.4 Å². The number of nitrogens with one attached hydrogen (secondary N) is 1. The van der Waals surface area contributed by atoms with E-state index in [9.17, 15) is 17.6 Å². The van der Waals surface area contributed by atoms with Crippen molar-refractivity contribution in [2.45, 2.75) is 0 Å². The number of nitrogens with zero attached hydrogens (tertiary/aromatic N) is 2. The summed E-state index contributed by atoms with van der Waals surface area (Å²) < 4.78 is 39.1. The molecule has 0 fully saturated rings. The number of hydrazone groups is 1. The third-order valence-corrected chi connectivity index (χ3v) is 6.13. The van der Waals surface area contributed by atoms with Crippen LogP contribution in [0.2, 0.25) is 0 Å². The minimum atomic E-state index is -3.89. The lowest BCUT2D eigenvalue weighted by Crippen LogP contribution is -2.39. The highest BCUT2D eigenvalue weighted by molar-refractivity contribution is 7.92. The summed E-state index contributed by atoms with van der Waals surface area (Å²) in [5.74, 6) is -1.43. The maximum Gasteiger partial charge on any atom is 0.260 e. The molecule has 0 aliphatic heterocycles. The van der Waals surface area contributed by atoms with Gasteiger partial charge in [-0.1, -0.05) is 60.7 Å². The van der Waals surface area contributed by atoms with Crippen molar-refractivity contribution in [3.63, 3.8) is 0 Å². The normalized spacial score (nSPS) is 11.8. The first kappa shape index (κ1) is 21.5. The van der Waals surface area contributed by atoms with Gasteiger partial charge in [0.05, 0.1) is 18.2 Å². The van der Waals surface area contributed by atoms with Gasteiger partial charge in [-0.2, -0.15) is 5.10 Å². The molecule has 4 aromatic rings. The molecule has 0 heterocycles. The van der Waals surface area contributed by atoms with E-state index in [1.807, 2.05) is 48.5 Å². The van der Waals surface area contributed by atoms with Crippen molar-refractivity contribution in [1.29, 1.82) is 0 Å². The number of hydrogen-bond acceptors (Lipinski definition) is 4. The zero-order valence-electron chi connectivity index (χ0n) is 17.2. The van der Waals surface area contributed by atoms with E-state index in [4.69, 9.17) is 0 Å². The third-order valence-electron chi connectivity index (χ3n) is 5.00. The summed E-state index contributed by atoms with van der Waals surface area (Å²) in [4.78, 5) is 12.4. The average Bonchev–Trinajstić information content (AvgIpc) is 2.77. The summed E-state index contributed by atoms with van der Waals surface area (Å²) in [6.07, 6.45) is 2.45. The zero-order valence-corrected chi connectivity index (χ0v) is 18.0. The molecule has 4 aromatic carbocycles. The minimum absolute atomic E-state index is 0.200. The SMILES string of the molecule is CS(=O)(=O)N(CC(=O)N/N=C/c1c2ccccc2cc2ccccc12)c1ccccc1F. The quantitative estimate of drug-likeness (QED) is 0.274. The number of rotatable bonds is 6. The molecule has 0 radical (unpaired) electrons. The molecule has 0 unspecified atom stereocenters. The molecule has 6 nitrogen and oxygen atoms in total. The Hall–Kier alpha value is -3.78. The molecule has 162 valence electrons. The van der Waals surface area contributed by atoms with Crippen LogP contribution in [0.25, 0.3) is 21.5 Å². The van der Waals surface area contributed by atoms with Gasteiger partial charge in [0, 0.05) is 5.56 Å². The topological polar surface area (TPSA) is 78.8 Å². The molecule has 1 N–H and O–H groups in total. The smallest absolute Gasteiger partial charge is 0.260 e. The fourth-order valence-electron chi connectivity index (χ4n) is 3.56. The van der Waals surface area contributed by atoms with Crippen molar-refractivity contribution in [2.24, 2.45) is 5.10 Å². The van der Waals surface area contributed by atoms with E-state index in [2.05, 4.69) is 16.6 Å². The highest BCUT2D eigenvalue weighted by Gasteiger charge is 2.23. The molecule has 0 atom stereocenters. The third kappa shape index (κ3) is 4.45. The summed E-state index contributed by atoms with van der Waals surface area (Å²) in [5.41, 5.74) is 2.98. The summed E-state index contributed by atoms with van der Waals surface area (Å²) in [6, 6.07) is 23.1. The number of benzene rings is 4. The fourth-order valence-corrected chi connectivity index (χ4v) is 4.41. The first-order valence-corrected chi connectivity index (χ1v) is 11.6. The van der Waals surface area contributed by atoms with E-state index in [-0.39, 0.29) is 5.69 Å². The lowest BCUT2D eigenvalue weighted by molar-refractivity contribution is -0.119. The maximum absolute atomic E-state index is 14.1. The van der Waals surface area contributed by atoms with Crippen LogP contribution in [-0.2, 0) is 14.8 Å². The molecular formula is C24H20FN3O3S. The second-order valence-electron chi connectivity index (χ2n) is 7.25. The van der Waals surface area contributed by atoms with E-state index >= 15 is 0 Å². The molecular weight excluding hydrogens is 429 g/mol. The Bertz CT molecular complexity index is 1400. The Labute approximate surface area is 185 Å². The van der Waals surface area contributed by atoms with Crippen LogP contribution in [0.3, 0.4) is 0 Å².